The lowest BCUT2D eigenvalue weighted by Crippen LogP contribution is -2.49. The number of nitrogens with one attached hydrogen (secondary N) is 1. The number of rotatable bonds is 3. The zero-order valence-corrected chi connectivity index (χ0v) is 10.9. The Bertz CT molecular complexity index is 322. The average Bonchev–Trinajstić information content (AvgIpc) is 2.54. The normalized spacial score (nSPS) is 26.9. The Morgan fingerprint density at radius 2 is 2.22 bits per heavy atom. The van der Waals surface area contributed by atoms with Crippen molar-refractivity contribution in [3.63, 3.8) is 0 Å². The molecule has 2 amide bonds. The number of likely N-dealkylation sites (N-methyl/N-ethyl adjacent to an activating group) is 1. The first kappa shape index (κ1) is 13.3. The van der Waals surface area contributed by atoms with Crippen LogP contribution >= 0.6 is 0 Å². The summed E-state index contributed by atoms with van der Waals surface area (Å²) in [6, 6.07) is 0. The van der Waals surface area contributed by atoms with E-state index in [2.05, 4.69) is 17.1 Å². The van der Waals surface area contributed by atoms with E-state index in [-0.39, 0.29) is 24.5 Å². The molecule has 102 valence electrons. The highest BCUT2D eigenvalue weighted by molar-refractivity contribution is 5.87. The summed E-state index contributed by atoms with van der Waals surface area (Å²) in [5.74, 6) is -0.0660. The van der Waals surface area contributed by atoms with Crippen LogP contribution in [-0.2, 0) is 14.3 Å². The Kier molecular flexibility index (Phi) is 4.54. The zero-order chi connectivity index (χ0) is 13.0. The predicted molar refractivity (Wildman–Crippen MR) is 66.1 cm³/mol. The van der Waals surface area contributed by atoms with Gasteiger partial charge in [0.1, 0.15) is 0 Å². The van der Waals surface area contributed by atoms with Crippen molar-refractivity contribution in [3.05, 3.63) is 0 Å². The van der Waals surface area contributed by atoms with Crippen molar-refractivity contribution in [1.29, 1.82) is 0 Å². The van der Waals surface area contributed by atoms with E-state index in [4.69, 9.17) is 4.74 Å². The molecule has 6 nitrogen and oxygen atoms in total. The van der Waals surface area contributed by atoms with E-state index in [1.165, 1.54) is 0 Å². The molecule has 6 heteroatoms. The van der Waals surface area contributed by atoms with Gasteiger partial charge in [0.15, 0.2) is 0 Å². The van der Waals surface area contributed by atoms with E-state index in [1.807, 2.05) is 0 Å². The number of hydrogen-bond acceptors (Lipinski definition) is 4. The minimum Gasteiger partial charge on any atom is -0.374 e. The van der Waals surface area contributed by atoms with Crippen LogP contribution in [-0.4, -0.2) is 73.6 Å². The lowest BCUT2D eigenvalue weighted by atomic mass is 10.2. The van der Waals surface area contributed by atoms with Gasteiger partial charge >= 0.3 is 0 Å². The number of hydrogen-bond donors (Lipinski definition) is 1. The third-order valence-electron chi connectivity index (χ3n) is 3.49. The lowest BCUT2D eigenvalue weighted by molar-refractivity contribution is -0.133. The molecule has 0 bridgehead atoms. The minimum atomic E-state index is -0.0504. The van der Waals surface area contributed by atoms with Crippen LogP contribution in [0.3, 0.4) is 0 Å². The molecule has 0 radical (unpaired) electrons. The molecule has 1 atom stereocenters. The quantitative estimate of drug-likeness (QED) is 0.707. The molecule has 2 fully saturated rings. The van der Waals surface area contributed by atoms with Gasteiger partial charge in [0.2, 0.25) is 11.8 Å². The van der Waals surface area contributed by atoms with Crippen LogP contribution < -0.4 is 5.32 Å². The van der Waals surface area contributed by atoms with Gasteiger partial charge in [-0.2, -0.15) is 0 Å². The molecule has 0 aromatic rings. The Hall–Kier alpha value is -1.14. The van der Waals surface area contributed by atoms with Crippen molar-refractivity contribution in [1.82, 2.24) is 15.1 Å². The van der Waals surface area contributed by atoms with E-state index < -0.39 is 0 Å². The molecule has 2 heterocycles. The van der Waals surface area contributed by atoms with Crippen LogP contribution in [0.25, 0.3) is 0 Å². The summed E-state index contributed by atoms with van der Waals surface area (Å²) in [6.07, 6.45) is 0.450. The number of morpholine rings is 1. The first-order chi connectivity index (χ1) is 8.69. The summed E-state index contributed by atoms with van der Waals surface area (Å²) in [4.78, 5) is 27.1. The summed E-state index contributed by atoms with van der Waals surface area (Å²) in [5.41, 5.74) is 0. The topological polar surface area (TPSA) is 61.9 Å². The van der Waals surface area contributed by atoms with Gasteiger partial charge < -0.3 is 15.0 Å². The van der Waals surface area contributed by atoms with E-state index in [1.54, 1.807) is 4.90 Å². The molecule has 2 saturated heterocycles. The number of ether oxygens (including phenoxy) is 1. The molecule has 0 aliphatic carbocycles. The second-order valence-corrected chi connectivity index (χ2v) is 4.75. The second-order valence-electron chi connectivity index (χ2n) is 4.75. The minimum absolute atomic E-state index is 0.0157. The van der Waals surface area contributed by atoms with Gasteiger partial charge in [0, 0.05) is 32.6 Å². The summed E-state index contributed by atoms with van der Waals surface area (Å²) in [6.45, 7) is 6.88. The molecule has 0 saturated carbocycles. The predicted octanol–water partition coefficient (Wildman–Crippen LogP) is -0.944. The number of carbonyl (C=O) groups excluding carboxylic acids is 2. The molecule has 1 unspecified atom stereocenters. The number of amides is 2. The molecular formula is C12H21N3O3. The van der Waals surface area contributed by atoms with Crippen LogP contribution in [0.4, 0.5) is 0 Å². The van der Waals surface area contributed by atoms with Crippen LogP contribution in [0.2, 0.25) is 0 Å². The maximum Gasteiger partial charge on any atom is 0.242 e. The molecule has 1 N–H and O–H groups in total. The average molecular weight is 255 g/mol. The van der Waals surface area contributed by atoms with Crippen molar-refractivity contribution >= 4 is 11.8 Å². The maximum absolute atomic E-state index is 11.8. The smallest absolute Gasteiger partial charge is 0.242 e. The number of nitrogens with zero attached hydrogens (tertiary/aromatic N) is 2. The van der Waals surface area contributed by atoms with Crippen LogP contribution in [0.1, 0.15) is 13.3 Å². The van der Waals surface area contributed by atoms with E-state index in [0.717, 1.165) is 26.2 Å². The van der Waals surface area contributed by atoms with E-state index in [9.17, 15) is 9.59 Å². The molecule has 0 spiro atoms. The first-order valence-corrected chi connectivity index (χ1v) is 6.57. The monoisotopic (exact) mass is 255 g/mol. The van der Waals surface area contributed by atoms with Gasteiger partial charge in [0.25, 0.3) is 0 Å². The van der Waals surface area contributed by atoms with Crippen molar-refractivity contribution in [2.24, 2.45) is 0 Å². The molecular weight excluding hydrogens is 234 g/mol. The lowest BCUT2D eigenvalue weighted by Gasteiger charge is -2.34. The van der Waals surface area contributed by atoms with Crippen molar-refractivity contribution < 1.29 is 14.3 Å². The fraction of sp³-hybridized carbons (Fsp3) is 0.833. The second kappa shape index (κ2) is 6.15. The molecule has 0 aromatic heterocycles. The Morgan fingerprint density at radius 3 is 3.00 bits per heavy atom. The SMILES string of the molecule is CCN1CCOC(CN2CCC(=O)NCC2=O)C1. The zero-order valence-electron chi connectivity index (χ0n) is 10.9. The molecule has 2 aliphatic rings. The standard InChI is InChI=1S/C12H21N3O3/c1-2-14-5-6-18-10(8-14)9-15-4-3-11(16)13-7-12(15)17/h10H,2-9H2,1H3,(H,13,16). The van der Waals surface area contributed by atoms with Crippen molar-refractivity contribution in [3.8, 4) is 0 Å². The maximum atomic E-state index is 11.8. The van der Waals surface area contributed by atoms with Crippen LogP contribution in [0.15, 0.2) is 0 Å². The number of carbonyl (C=O) groups is 2. The molecule has 2 rings (SSSR count). The Balaban J connectivity index is 1.87. The van der Waals surface area contributed by atoms with Crippen LogP contribution in [0, 0.1) is 0 Å². The van der Waals surface area contributed by atoms with E-state index >= 15 is 0 Å². The van der Waals surface area contributed by atoms with Crippen molar-refractivity contribution in [2.45, 2.75) is 19.4 Å². The van der Waals surface area contributed by atoms with Crippen LogP contribution in [0.5, 0.6) is 0 Å². The fourth-order valence-corrected chi connectivity index (χ4v) is 2.35. The highest BCUT2D eigenvalue weighted by Gasteiger charge is 2.26. The van der Waals surface area contributed by atoms with Gasteiger partial charge in [0.05, 0.1) is 19.3 Å². The summed E-state index contributed by atoms with van der Waals surface area (Å²) in [7, 11) is 0. The Labute approximate surface area is 107 Å². The highest BCUT2D eigenvalue weighted by Crippen LogP contribution is 2.08. The highest BCUT2D eigenvalue weighted by atomic mass is 16.5. The third-order valence-corrected chi connectivity index (χ3v) is 3.49. The summed E-state index contributed by atoms with van der Waals surface area (Å²) in [5, 5.41) is 2.60. The molecule has 18 heavy (non-hydrogen) atoms. The Morgan fingerprint density at radius 1 is 1.39 bits per heavy atom. The molecule has 2 aliphatic heterocycles. The first-order valence-electron chi connectivity index (χ1n) is 6.57. The van der Waals surface area contributed by atoms with Gasteiger partial charge in [-0.1, -0.05) is 6.92 Å². The van der Waals surface area contributed by atoms with Crippen molar-refractivity contribution in [2.75, 3.05) is 45.9 Å². The van der Waals surface area contributed by atoms with Gasteiger partial charge in [-0.05, 0) is 6.54 Å². The van der Waals surface area contributed by atoms with Gasteiger partial charge in [-0.3, -0.25) is 14.5 Å². The fourth-order valence-electron chi connectivity index (χ4n) is 2.35. The summed E-state index contributed by atoms with van der Waals surface area (Å²) < 4.78 is 5.69. The van der Waals surface area contributed by atoms with Gasteiger partial charge in [-0.25, -0.2) is 0 Å². The third kappa shape index (κ3) is 3.43. The van der Waals surface area contributed by atoms with E-state index in [0.29, 0.717) is 19.5 Å². The summed E-state index contributed by atoms with van der Waals surface area (Å²) >= 11 is 0. The largest absolute Gasteiger partial charge is 0.374 e. The van der Waals surface area contributed by atoms with Gasteiger partial charge in [-0.15, -0.1) is 0 Å². The molecule has 0 aromatic carbocycles.